The fourth-order valence-electron chi connectivity index (χ4n) is 2.51. The lowest BCUT2D eigenvalue weighted by atomic mass is 10.1. The van der Waals surface area contributed by atoms with Crippen molar-refractivity contribution in [3.8, 4) is 17.0 Å². The van der Waals surface area contributed by atoms with Gasteiger partial charge in [0.15, 0.2) is 17.5 Å². The third kappa shape index (κ3) is 4.53. The van der Waals surface area contributed by atoms with Gasteiger partial charge in [0.05, 0.1) is 18.6 Å². The summed E-state index contributed by atoms with van der Waals surface area (Å²) in [6, 6.07) is 6.26. The number of alkyl halides is 3. The summed E-state index contributed by atoms with van der Waals surface area (Å²) in [6.07, 6.45) is -3.08. The van der Waals surface area contributed by atoms with E-state index in [1.165, 1.54) is 18.4 Å². The zero-order valence-corrected chi connectivity index (χ0v) is 14.6. The highest BCUT2D eigenvalue weighted by atomic mass is 19.4. The first-order valence-corrected chi connectivity index (χ1v) is 8.19. The molecule has 0 aliphatic heterocycles. The third-order valence-corrected chi connectivity index (χ3v) is 3.94. The number of primary amides is 1. The Morgan fingerprint density at radius 3 is 2.41 bits per heavy atom. The Bertz CT molecular complexity index is 1030. The van der Waals surface area contributed by atoms with Crippen molar-refractivity contribution in [3.05, 3.63) is 71.3 Å². The molecule has 0 aliphatic carbocycles. The lowest BCUT2D eigenvalue weighted by Crippen LogP contribution is -2.16. The third-order valence-electron chi connectivity index (χ3n) is 3.94. The average molecular weight is 412 g/mol. The molecule has 0 saturated heterocycles. The number of carbonyl (C=O) groups is 1. The van der Waals surface area contributed by atoms with Crippen LogP contribution in [-0.4, -0.2) is 17.5 Å². The molecule has 1 aromatic heterocycles. The maximum Gasteiger partial charge on any atom is 0.416 e. The second kappa shape index (κ2) is 7.90. The monoisotopic (exact) mass is 412 g/mol. The Morgan fingerprint density at radius 1 is 1.10 bits per heavy atom. The zero-order chi connectivity index (χ0) is 21.2. The van der Waals surface area contributed by atoms with Crippen molar-refractivity contribution in [2.24, 2.45) is 5.73 Å². The summed E-state index contributed by atoms with van der Waals surface area (Å²) in [7, 11) is 0. The SMILES string of the molecule is NC(=O)c1c(F)ccc(OCCc2nc(-c3ccc(C(F)(F)F)cc3)co2)c1F. The number of aromatic nitrogens is 1. The van der Waals surface area contributed by atoms with Crippen LogP contribution in [0.25, 0.3) is 11.3 Å². The first-order valence-electron chi connectivity index (χ1n) is 8.19. The van der Waals surface area contributed by atoms with Gasteiger partial charge in [-0.2, -0.15) is 13.2 Å². The maximum absolute atomic E-state index is 14.1. The molecule has 152 valence electrons. The smallest absolute Gasteiger partial charge is 0.416 e. The van der Waals surface area contributed by atoms with Gasteiger partial charge in [-0.1, -0.05) is 12.1 Å². The number of nitrogens with two attached hydrogens (primary N) is 1. The van der Waals surface area contributed by atoms with Crippen LogP contribution in [-0.2, 0) is 12.6 Å². The molecule has 0 fully saturated rings. The molecule has 1 amide bonds. The molecule has 1 heterocycles. The number of rotatable bonds is 6. The molecule has 0 atom stereocenters. The van der Waals surface area contributed by atoms with Gasteiger partial charge < -0.3 is 14.9 Å². The van der Waals surface area contributed by atoms with E-state index in [0.717, 1.165) is 24.3 Å². The fourth-order valence-corrected chi connectivity index (χ4v) is 2.51. The van der Waals surface area contributed by atoms with Gasteiger partial charge in [-0.3, -0.25) is 4.79 Å². The van der Waals surface area contributed by atoms with Crippen LogP contribution in [0.5, 0.6) is 5.75 Å². The highest BCUT2D eigenvalue weighted by Gasteiger charge is 2.30. The van der Waals surface area contributed by atoms with E-state index in [2.05, 4.69) is 4.98 Å². The van der Waals surface area contributed by atoms with Gasteiger partial charge >= 0.3 is 6.18 Å². The first-order chi connectivity index (χ1) is 13.7. The molecule has 0 spiro atoms. The quantitative estimate of drug-likeness (QED) is 0.611. The van der Waals surface area contributed by atoms with Crippen molar-refractivity contribution in [1.82, 2.24) is 4.98 Å². The van der Waals surface area contributed by atoms with Crippen molar-refractivity contribution in [2.75, 3.05) is 6.61 Å². The molecule has 29 heavy (non-hydrogen) atoms. The van der Waals surface area contributed by atoms with Crippen molar-refractivity contribution < 1.29 is 35.9 Å². The summed E-state index contributed by atoms with van der Waals surface area (Å²) in [5.74, 6) is -3.75. The van der Waals surface area contributed by atoms with Gasteiger partial charge in [0, 0.05) is 5.56 Å². The van der Waals surface area contributed by atoms with Crippen molar-refractivity contribution in [2.45, 2.75) is 12.6 Å². The summed E-state index contributed by atoms with van der Waals surface area (Å²) >= 11 is 0. The molecule has 0 unspecified atom stereocenters. The maximum atomic E-state index is 14.1. The molecule has 3 rings (SSSR count). The van der Waals surface area contributed by atoms with E-state index in [9.17, 15) is 26.7 Å². The van der Waals surface area contributed by atoms with Crippen molar-refractivity contribution in [3.63, 3.8) is 0 Å². The van der Waals surface area contributed by atoms with Crippen LogP contribution in [0.1, 0.15) is 21.8 Å². The summed E-state index contributed by atoms with van der Waals surface area (Å²) in [5, 5.41) is 0. The highest BCUT2D eigenvalue weighted by molar-refractivity contribution is 5.93. The predicted molar refractivity (Wildman–Crippen MR) is 91.0 cm³/mol. The van der Waals surface area contributed by atoms with Gasteiger partial charge in [0.1, 0.15) is 23.3 Å². The van der Waals surface area contributed by atoms with Crippen LogP contribution in [0.15, 0.2) is 47.1 Å². The van der Waals surface area contributed by atoms with Crippen LogP contribution >= 0.6 is 0 Å². The van der Waals surface area contributed by atoms with Crippen LogP contribution < -0.4 is 10.5 Å². The van der Waals surface area contributed by atoms with Gasteiger partial charge in [-0.15, -0.1) is 0 Å². The van der Waals surface area contributed by atoms with E-state index in [0.29, 0.717) is 11.3 Å². The topological polar surface area (TPSA) is 78.4 Å². The summed E-state index contributed by atoms with van der Waals surface area (Å²) in [5.41, 5.74) is 3.99. The van der Waals surface area contributed by atoms with E-state index in [4.69, 9.17) is 14.9 Å². The van der Waals surface area contributed by atoms with Crippen LogP contribution in [0.2, 0.25) is 0 Å². The van der Waals surface area contributed by atoms with E-state index in [1.807, 2.05) is 0 Å². The normalized spacial score (nSPS) is 11.5. The average Bonchev–Trinajstić information content (AvgIpc) is 3.12. The van der Waals surface area contributed by atoms with Crippen molar-refractivity contribution >= 4 is 5.91 Å². The molecule has 3 aromatic rings. The minimum absolute atomic E-state index is 0.0867. The van der Waals surface area contributed by atoms with Crippen molar-refractivity contribution in [1.29, 1.82) is 0 Å². The molecular formula is C19H13F5N2O3. The number of oxazole rings is 1. The standard InChI is InChI=1S/C19H13F5N2O3/c20-12-5-6-14(17(21)16(12)18(25)27)28-8-7-15-26-13(9-29-15)10-1-3-11(4-2-10)19(22,23)24/h1-6,9H,7-8H2,(H2,25,27). The number of carbonyl (C=O) groups excluding carboxylic acids is 1. The Labute approximate surface area is 160 Å². The largest absolute Gasteiger partial charge is 0.490 e. The molecular weight excluding hydrogens is 399 g/mol. The second-order valence-electron chi connectivity index (χ2n) is 5.90. The van der Waals surface area contributed by atoms with Gasteiger partial charge in [-0.05, 0) is 24.3 Å². The highest BCUT2D eigenvalue weighted by Crippen LogP contribution is 2.31. The fraction of sp³-hybridized carbons (Fsp3) is 0.158. The number of halogens is 5. The molecule has 0 bridgehead atoms. The van der Waals surface area contributed by atoms with Gasteiger partial charge in [0.2, 0.25) is 0 Å². The van der Waals surface area contributed by atoms with E-state index >= 15 is 0 Å². The van der Waals surface area contributed by atoms with Gasteiger partial charge in [0.25, 0.3) is 5.91 Å². The first kappa shape index (κ1) is 20.3. The lowest BCUT2D eigenvalue weighted by molar-refractivity contribution is -0.137. The molecule has 0 saturated carbocycles. The summed E-state index contributed by atoms with van der Waals surface area (Å²) < 4.78 is 75.7. The molecule has 10 heteroatoms. The zero-order valence-electron chi connectivity index (χ0n) is 14.6. The Hall–Kier alpha value is -3.43. The summed E-state index contributed by atoms with van der Waals surface area (Å²) in [6.45, 7) is -0.117. The second-order valence-corrected chi connectivity index (χ2v) is 5.90. The van der Waals surface area contributed by atoms with Gasteiger partial charge in [-0.25, -0.2) is 13.8 Å². The van der Waals surface area contributed by atoms with E-state index in [1.54, 1.807) is 0 Å². The molecule has 5 nitrogen and oxygen atoms in total. The minimum atomic E-state index is -4.44. The predicted octanol–water partition coefficient (Wildman–Crippen LogP) is 4.36. The number of hydrogen-bond donors (Lipinski definition) is 1. The molecule has 2 N–H and O–H groups in total. The number of benzene rings is 2. The van der Waals surface area contributed by atoms with E-state index < -0.39 is 34.8 Å². The molecule has 0 radical (unpaired) electrons. The molecule has 2 aromatic carbocycles. The number of hydrogen-bond acceptors (Lipinski definition) is 4. The Balaban J connectivity index is 1.65. The van der Waals surface area contributed by atoms with Crippen LogP contribution in [0.3, 0.4) is 0 Å². The number of nitrogens with zero attached hydrogens (tertiary/aromatic N) is 1. The minimum Gasteiger partial charge on any atom is -0.490 e. The molecule has 0 aliphatic rings. The number of amides is 1. The van der Waals surface area contributed by atoms with Crippen LogP contribution in [0.4, 0.5) is 22.0 Å². The Kier molecular flexibility index (Phi) is 5.53. The number of ether oxygens (including phenoxy) is 1. The van der Waals surface area contributed by atoms with E-state index in [-0.39, 0.29) is 24.7 Å². The Morgan fingerprint density at radius 2 is 1.79 bits per heavy atom. The lowest BCUT2D eigenvalue weighted by Gasteiger charge is -2.08. The van der Waals surface area contributed by atoms with Crippen LogP contribution in [0, 0.1) is 11.6 Å². The summed E-state index contributed by atoms with van der Waals surface area (Å²) in [4.78, 5) is 15.2.